The van der Waals surface area contributed by atoms with Gasteiger partial charge in [-0.3, -0.25) is 0 Å². The Morgan fingerprint density at radius 3 is 2.61 bits per heavy atom. The Kier molecular flexibility index (Phi) is 2.53. The van der Waals surface area contributed by atoms with Crippen LogP contribution in [0, 0.1) is 0 Å². The highest BCUT2D eigenvalue weighted by Gasteiger charge is 1.94. The number of hydrogen-bond acceptors (Lipinski definition) is 3. The maximum Gasteiger partial charge on any atom is 0.219 e. The highest BCUT2D eigenvalue weighted by molar-refractivity contribution is 5.83. The zero-order valence-electron chi connectivity index (χ0n) is 9.67. The third kappa shape index (κ3) is 2.08. The van der Waals surface area contributed by atoms with Gasteiger partial charge in [-0.25, -0.2) is 9.97 Å². The summed E-state index contributed by atoms with van der Waals surface area (Å²) in [5, 5.41) is 1.20. The number of nitrogens with zero attached hydrogens (tertiary/aromatic N) is 2. The number of anilines is 1. The lowest BCUT2D eigenvalue weighted by Gasteiger charge is -1.96. The van der Waals surface area contributed by atoms with Crippen molar-refractivity contribution in [1.29, 1.82) is 0 Å². The Morgan fingerprint density at radius 2 is 1.78 bits per heavy atom. The van der Waals surface area contributed by atoms with Gasteiger partial charge in [-0.2, -0.15) is 0 Å². The van der Waals surface area contributed by atoms with Crippen molar-refractivity contribution in [3.63, 3.8) is 0 Å². The standard InChI is InChI=1S/C14H12N4/c15-14-17-8-11(9-18-14)2-1-10-3-4-13-12(7-10)5-6-16-13/h1-9,16H,(H2,15,17,18). The van der Waals surface area contributed by atoms with Gasteiger partial charge in [-0.1, -0.05) is 18.2 Å². The Labute approximate surface area is 104 Å². The number of aromatic nitrogens is 3. The summed E-state index contributed by atoms with van der Waals surface area (Å²) < 4.78 is 0. The predicted octanol–water partition coefficient (Wildman–Crippen LogP) is 2.71. The minimum absolute atomic E-state index is 0.292. The van der Waals surface area contributed by atoms with E-state index in [9.17, 15) is 0 Å². The average molecular weight is 236 g/mol. The molecule has 0 fully saturated rings. The molecule has 0 aliphatic rings. The first-order chi connectivity index (χ1) is 8.81. The Bertz CT molecular complexity index is 695. The molecule has 88 valence electrons. The molecule has 0 aliphatic heterocycles. The molecule has 3 rings (SSSR count). The molecular formula is C14H12N4. The molecule has 18 heavy (non-hydrogen) atoms. The highest BCUT2D eigenvalue weighted by Crippen LogP contribution is 2.16. The van der Waals surface area contributed by atoms with Crippen LogP contribution in [0.4, 0.5) is 5.95 Å². The van der Waals surface area contributed by atoms with Crippen LogP contribution in [0.3, 0.4) is 0 Å². The lowest BCUT2D eigenvalue weighted by atomic mass is 10.1. The number of nitrogens with two attached hydrogens (primary N) is 1. The minimum Gasteiger partial charge on any atom is -0.368 e. The largest absolute Gasteiger partial charge is 0.368 e. The molecule has 0 bridgehead atoms. The molecule has 0 saturated heterocycles. The van der Waals surface area contributed by atoms with Gasteiger partial charge in [0.25, 0.3) is 0 Å². The number of hydrogen-bond donors (Lipinski definition) is 2. The van der Waals surface area contributed by atoms with Crippen molar-refractivity contribution in [2.24, 2.45) is 0 Å². The zero-order valence-corrected chi connectivity index (χ0v) is 9.67. The van der Waals surface area contributed by atoms with Crippen LogP contribution in [-0.4, -0.2) is 15.0 Å². The Hall–Kier alpha value is -2.62. The molecule has 1 aromatic carbocycles. The Morgan fingerprint density at radius 1 is 1.00 bits per heavy atom. The molecule has 0 radical (unpaired) electrons. The number of nitrogens with one attached hydrogen (secondary N) is 1. The summed E-state index contributed by atoms with van der Waals surface area (Å²) in [6.45, 7) is 0. The van der Waals surface area contributed by atoms with E-state index in [2.05, 4.69) is 39.2 Å². The number of nitrogen functional groups attached to an aromatic ring is 1. The summed E-state index contributed by atoms with van der Waals surface area (Å²) in [5.41, 5.74) is 8.64. The van der Waals surface area contributed by atoms with Gasteiger partial charge in [0, 0.05) is 29.7 Å². The van der Waals surface area contributed by atoms with Crippen LogP contribution in [0.25, 0.3) is 23.1 Å². The van der Waals surface area contributed by atoms with E-state index in [1.165, 1.54) is 5.39 Å². The van der Waals surface area contributed by atoms with Crippen molar-refractivity contribution in [2.45, 2.75) is 0 Å². The highest BCUT2D eigenvalue weighted by atomic mass is 15.0. The SMILES string of the molecule is Nc1ncc(C=Cc2ccc3[nH]ccc3c2)cn1. The second kappa shape index (κ2) is 4.33. The molecule has 3 aromatic rings. The average Bonchev–Trinajstić information content (AvgIpc) is 2.85. The van der Waals surface area contributed by atoms with E-state index in [1.807, 2.05) is 18.3 Å². The van der Waals surface area contributed by atoms with Gasteiger partial charge >= 0.3 is 0 Å². The number of benzene rings is 1. The summed E-state index contributed by atoms with van der Waals surface area (Å²) in [4.78, 5) is 11.1. The molecule has 0 unspecified atom stereocenters. The monoisotopic (exact) mass is 236 g/mol. The van der Waals surface area contributed by atoms with Gasteiger partial charge in [0.2, 0.25) is 5.95 Å². The van der Waals surface area contributed by atoms with Crippen LogP contribution >= 0.6 is 0 Å². The first-order valence-electron chi connectivity index (χ1n) is 5.64. The molecule has 0 aliphatic carbocycles. The van der Waals surface area contributed by atoms with E-state index < -0.39 is 0 Å². The topological polar surface area (TPSA) is 67.6 Å². The van der Waals surface area contributed by atoms with E-state index in [4.69, 9.17) is 5.73 Å². The van der Waals surface area contributed by atoms with Gasteiger partial charge in [-0.05, 0) is 29.1 Å². The maximum absolute atomic E-state index is 5.43. The number of aromatic amines is 1. The minimum atomic E-state index is 0.292. The summed E-state index contributed by atoms with van der Waals surface area (Å²) >= 11 is 0. The van der Waals surface area contributed by atoms with E-state index in [1.54, 1.807) is 12.4 Å². The van der Waals surface area contributed by atoms with Crippen molar-refractivity contribution < 1.29 is 0 Å². The summed E-state index contributed by atoms with van der Waals surface area (Å²) in [5.74, 6) is 0.292. The first-order valence-corrected chi connectivity index (χ1v) is 5.64. The summed E-state index contributed by atoms with van der Waals surface area (Å²) in [6, 6.07) is 8.31. The van der Waals surface area contributed by atoms with Crippen LogP contribution < -0.4 is 5.73 Å². The second-order valence-corrected chi connectivity index (χ2v) is 4.03. The second-order valence-electron chi connectivity index (χ2n) is 4.03. The molecular weight excluding hydrogens is 224 g/mol. The lowest BCUT2D eigenvalue weighted by Crippen LogP contribution is -1.92. The van der Waals surface area contributed by atoms with Crippen LogP contribution in [0.15, 0.2) is 42.9 Å². The molecule has 3 N–H and O–H groups in total. The van der Waals surface area contributed by atoms with Crippen molar-refractivity contribution in [1.82, 2.24) is 15.0 Å². The molecule has 0 atom stereocenters. The third-order valence-corrected chi connectivity index (χ3v) is 2.74. The Balaban J connectivity index is 1.88. The fourth-order valence-corrected chi connectivity index (χ4v) is 1.80. The van der Waals surface area contributed by atoms with Crippen LogP contribution in [0.5, 0.6) is 0 Å². The van der Waals surface area contributed by atoms with Crippen molar-refractivity contribution in [3.8, 4) is 0 Å². The smallest absolute Gasteiger partial charge is 0.219 e. The molecule has 4 nitrogen and oxygen atoms in total. The molecule has 0 spiro atoms. The third-order valence-electron chi connectivity index (χ3n) is 2.74. The normalized spacial score (nSPS) is 11.3. The molecule has 2 heterocycles. The zero-order chi connectivity index (χ0) is 12.4. The molecule has 0 amide bonds. The van der Waals surface area contributed by atoms with E-state index in [-0.39, 0.29) is 0 Å². The van der Waals surface area contributed by atoms with Gasteiger partial charge in [0.1, 0.15) is 0 Å². The van der Waals surface area contributed by atoms with E-state index >= 15 is 0 Å². The number of H-pyrrole nitrogens is 1. The molecule has 0 saturated carbocycles. The predicted molar refractivity (Wildman–Crippen MR) is 73.7 cm³/mol. The summed E-state index contributed by atoms with van der Waals surface area (Å²) in [7, 11) is 0. The lowest BCUT2D eigenvalue weighted by molar-refractivity contribution is 1.18. The first kappa shape index (κ1) is 10.5. The van der Waals surface area contributed by atoms with Gasteiger partial charge < -0.3 is 10.7 Å². The maximum atomic E-state index is 5.43. The number of rotatable bonds is 2. The fraction of sp³-hybridized carbons (Fsp3) is 0. The van der Waals surface area contributed by atoms with E-state index in [0.717, 1.165) is 16.6 Å². The van der Waals surface area contributed by atoms with Gasteiger partial charge in [0.05, 0.1) is 0 Å². The number of fused-ring (bicyclic) bond motifs is 1. The molecule has 2 aromatic heterocycles. The molecule has 4 heteroatoms. The summed E-state index contributed by atoms with van der Waals surface area (Å²) in [6.07, 6.45) is 9.34. The van der Waals surface area contributed by atoms with E-state index in [0.29, 0.717) is 5.95 Å². The van der Waals surface area contributed by atoms with Crippen molar-refractivity contribution in [2.75, 3.05) is 5.73 Å². The fourth-order valence-electron chi connectivity index (χ4n) is 1.80. The van der Waals surface area contributed by atoms with Crippen molar-refractivity contribution in [3.05, 3.63) is 54.0 Å². The van der Waals surface area contributed by atoms with Crippen LogP contribution in [-0.2, 0) is 0 Å². The van der Waals surface area contributed by atoms with Crippen molar-refractivity contribution >= 4 is 29.0 Å². The van der Waals surface area contributed by atoms with Crippen LogP contribution in [0.2, 0.25) is 0 Å². The quantitative estimate of drug-likeness (QED) is 0.718. The van der Waals surface area contributed by atoms with Gasteiger partial charge in [-0.15, -0.1) is 0 Å². The van der Waals surface area contributed by atoms with Gasteiger partial charge in [0.15, 0.2) is 0 Å². The van der Waals surface area contributed by atoms with Crippen LogP contribution in [0.1, 0.15) is 11.1 Å².